The molecule has 0 aromatic heterocycles. The van der Waals surface area contributed by atoms with Gasteiger partial charge in [0.15, 0.2) is 0 Å². The maximum atomic E-state index is 12.5. The molecule has 5 heteroatoms. The number of hydrogen-bond acceptors (Lipinski definition) is 3. The second-order valence-electron chi connectivity index (χ2n) is 6.42. The topological polar surface area (TPSA) is 43.9 Å². The number of allylic oxidation sites excluding steroid dienone is 3. The van der Waals surface area contributed by atoms with Crippen LogP contribution in [0, 0.1) is 0 Å². The van der Waals surface area contributed by atoms with E-state index in [0.717, 1.165) is 32.5 Å². The Bertz CT molecular complexity index is 465. The van der Waals surface area contributed by atoms with Crippen LogP contribution in [-0.2, 0) is 9.59 Å². The number of nitrogens with zero attached hydrogens (tertiary/aromatic N) is 3. The standard InChI is InChI=1S/C18H29N3O2/c1-3-4-5-9-17(22)20-13-11-19(12-14-20)15-18(23)21-10-7-6-8-16(21)2/h3-5,9,16H,6-8,10-15H2,1-2H3/b4-3+,9-5+. The van der Waals surface area contributed by atoms with Gasteiger partial charge in [0.1, 0.15) is 0 Å². The van der Waals surface area contributed by atoms with Crippen LogP contribution in [0.1, 0.15) is 33.1 Å². The van der Waals surface area contributed by atoms with Gasteiger partial charge in [0, 0.05) is 44.8 Å². The van der Waals surface area contributed by atoms with Crippen molar-refractivity contribution in [3.63, 3.8) is 0 Å². The van der Waals surface area contributed by atoms with Gasteiger partial charge in [-0.1, -0.05) is 18.2 Å². The third kappa shape index (κ3) is 5.20. The Balaban J connectivity index is 1.76. The normalized spacial score (nSPS) is 23.8. The van der Waals surface area contributed by atoms with Crippen molar-refractivity contribution in [3.8, 4) is 0 Å². The first-order chi connectivity index (χ1) is 11.1. The minimum Gasteiger partial charge on any atom is -0.339 e. The fourth-order valence-corrected chi connectivity index (χ4v) is 3.23. The first-order valence-electron chi connectivity index (χ1n) is 8.72. The molecule has 1 unspecified atom stereocenters. The van der Waals surface area contributed by atoms with Crippen molar-refractivity contribution < 1.29 is 9.59 Å². The summed E-state index contributed by atoms with van der Waals surface area (Å²) in [6, 6.07) is 0.371. The lowest BCUT2D eigenvalue weighted by atomic mass is 10.0. The van der Waals surface area contributed by atoms with E-state index in [4.69, 9.17) is 0 Å². The van der Waals surface area contributed by atoms with E-state index in [-0.39, 0.29) is 11.8 Å². The van der Waals surface area contributed by atoms with Crippen LogP contribution in [0.5, 0.6) is 0 Å². The number of piperazine rings is 1. The Kier molecular flexibility index (Phi) is 6.84. The number of piperidine rings is 1. The van der Waals surface area contributed by atoms with Crippen molar-refractivity contribution in [2.45, 2.75) is 39.2 Å². The molecule has 2 aliphatic heterocycles. The summed E-state index contributed by atoms with van der Waals surface area (Å²) in [6.07, 6.45) is 10.6. The van der Waals surface area contributed by atoms with Crippen molar-refractivity contribution in [2.75, 3.05) is 39.3 Å². The summed E-state index contributed by atoms with van der Waals surface area (Å²) in [6.45, 7) is 8.39. The van der Waals surface area contributed by atoms with Gasteiger partial charge in [-0.15, -0.1) is 0 Å². The van der Waals surface area contributed by atoms with E-state index in [0.29, 0.717) is 25.7 Å². The Labute approximate surface area is 139 Å². The average Bonchev–Trinajstić information content (AvgIpc) is 2.56. The molecule has 0 saturated carbocycles. The summed E-state index contributed by atoms with van der Waals surface area (Å²) in [5.41, 5.74) is 0. The summed E-state index contributed by atoms with van der Waals surface area (Å²) in [5.74, 6) is 0.295. The molecule has 0 aliphatic carbocycles. The van der Waals surface area contributed by atoms with Crippen molar-refractivity contribution >= 4 is 11.8 Å². The molecule has 0 spiro atoms. The molecule has 0 bridgehead atoms. The second kappa shape index (κ2) is 8.87. The van der Waals surface area contributed by atoms with Gasteiger partial charge in [0.25, 0.3) is 0 Å². The highest BCUT2D eigenvalue weighted by atomic mass is 16.2. The maximum Gasteiger partial charge on any atom is 0.246 e. The zero-order valence-corrected chi connectivity index (χ0v) is 14.4. The number of amides is 2. The molecule has 2 fully saturated rings. The SMILES string of the molecule is C/C=C/C=C/C(=O)N1CCN(CC(=O)N2CCCCC2C)CC1. The van der Waals surface area contributed by atoms with E-state index >= 15 is 0 Å². The molecule has 23 heavy (non-hydrogen) atoms. The van der Waals surface area contributed by atoms with Crippen molar-refractivity contribution in [1.82, 2.24) is 14.7 Å². The van der Waals surface area contributed by atoms with Gasteiger partial charge in [0.05, 0.1) is 6.54 Å². The van der Waals surface area contributed by atoms with Crippen LogP contribution in [0.3, 0.4) is 0 Å². The van der Waals surface area contributed by atoms with Crippen LogP contribution in [0.15, 0.2) is 24.3 Å². The number of likely N-dealkylation sites (tertiary alicyclic amines) is 1. The first kappa shape index (κ1) is 17.7. The number of rotatable bonds is 4. The fourth-order valence-electron chi connectivity index (χ4n) is 3.23. The molecule has 1 atom stereocenters. The molecule has 2 rings (SSSR count). The maximum absolute atomic E-state index is 12.5. The van der Waals surface area contributed by atoms with Crippen molar-refractivity contribution in [3.05, 3.63) is 24.3 Å². The Morgan fingerprint density at radius 1 is 1.04 bits per heavy atom. The first-order valence-corrected chi connectivity index (χ1v) is 8.72. The van der Waals surface area contributed by atoms with E-state index in [1.807, 2.05) is 28.9 Å². The zero-order valence-electron chi connectivity index (χ0n) is 14.4. The summed E-state index contributed by atoms with van der Waals surface area (Å²) >= 11 is 0. The fraction of sp³-hybridized carbons (Fsp3) is 0.667. The molecule has 2 aliphatic rings. The Hall–Kier alpha value is -1.62. The molecule has 0 radical (unpaired) electrons. The minimum absolute atomic E-state index is 0.0544. The number of carbonyl (C=O) groups is 2. The minimum atomic E-state index is 0.0544. The molecule has 5 nitrogen and oxygen atoms in total. The number of hydrogen-bond donors (Lipinski definition) is 0. The lowest BCUT2D eigenvalue weighted by Crippen LogP contribution is -2.52. The van der Waals surface area contributed by atoms with E-state index < -0.39 is 0 Å². The smallest absolute Gasteiger partial charge is 0.246 e. The zero-order chi connectivity index (χ0) is 16.7. The van der Waals surface area contributed by atoms with Gasteiger partial charge < -0.3 is 9.80 Å². The highest BCUT2D eigenvalue weighted by molar-refractivity contribution is 5.88. The van der Waals surface area contributed by atoms with E-state index in [9.17, 15) is 9.59 Å². The van der Waals surface area contributed by atoms with Crippen LogP contribution in [0.25, 0.3) is 0 Å². The molecule has 0 N–H and O–H groups in total. The highest BCUT2D eigenvalue weighted by Crippen LogP contribution is 2.17. The van der Waals surface area contributed by atoms with Crippen LogP contribution >= 0.6 is 0 Å². The van der Waals surface area contributed by atoms with Crippen molar-refractivity contribution in [1.29, 1.82) is 0 Å². The van der Waals surface area contributed by atoms with Crippen molar-refractivity contribution in [2.24, 2.45) is 0 Å². The number of carbonyl (C=O) groups excluding carboxylic acids is 2. The molecule has 2 heterocycles. The van der Waals surface area contributed by atoms with Crippen LogP contribution in [0.4, 0.5) is 0 Å². The van der Waals surface area contributed by atoms with Crippen LogP contribution in [-0.4, -0.2) is 71.8 Å². The van der Waals surface area contributed by atoms with Crippen LogP contribution in [0.2, 0.25) is 0 Å². The summed E-state index contributed by atoms with van der Waals surface area (Å²) < 4.78 is 0. The molecular weight excluding hydrogens is 290 g/mol. The second-order valence-corrected chi connectivity index (χ2v) is 6.42. The van der Waals surface area contributed by atoms with Gasteiger partial charge >= 0.3 is 0 Å². The molecule has 2 saturated heterocycles. The molecule has 2 amide bonds. The molecular formula is C18H29N3O2. The molecule has 0 aromatic rings. The molecule has 0 aromatic carbocycles. The van der Waals surface area contributed by atoms with Gasteiger partial charge in [-0.2, -0.15) is 0 Å². The summed E-state index contributed by atoms with van der Waals surface area (Å²) in [7, 11) is 0. The highest BCUT2D eigenvalue weighted by Gasteiger charge is 2.26. The van der Waals surface area contributed by atoms with E-state index in [1.165, 1.54) is 6.42 Å². The third-order valence-corrected chi connectivity index (χ3v) is 4.71. The Morgan fingerprint density at radius 2 is 1.78 bits per heavy atom. The van der Waals surface area contributed by atoms with Crippen LogP contribution < -0.4 is 0 Å². The largest absolute Gasteiger partial charge is 0.339 e. The lowest BCUT2D eigenvalue weighted by Gasteiger charge is -2.37. The lowest BCUT2D eigenvalue weighted by molar-refractivity contribution is -0.136. The van der Waals surface area contributed by atoms with Gasteiger partial charge in [-0.25, -0.2) is 0 Å². The third-order valence-electron chi connectivity index (χ3n) is 4.71. The summed E-state index contributed by atoms with van der Waals surface area (Å²) in [5, 5.41) is 0. The summed E-state index contributed by atoms with van der Waals surface area (Å²) in [4.78, 5) is 30.5. The monoisotopic (exact) mass is 319 g/mol. The quantitative estimate of drug-likeness (QED) is 0.585. The van der Waals surface area contributed by atoms with E-state index in [1.54, 1.807) is 12.2 Å². The Morgan fingerprint density at radius 3 is 2.43 bits per heavy atom. The predicted molar refractivity (Wildman–Crippen MR) is 92.0 cm³/mol. The molecule has 128 valence electrons. The van der Waals surface area contributed by atoms with Gasteiger partial charge in [-0.05, 0) is 33.1 Å². The predicted octanol–water partition coefficient (Wildman–Crippen LogP) is 1.66. The van der Waals surface area contributed by atoms with Gasteiger partial charge in [0.2, 0.25) is 11.8 Å². The van der Waals surface area contributed by atoms with Gasteiger partial charge in [-0.3, -0.25) is 14.5 Å². The average molecular weight is 319 g/mol. The van der Waals surface area contributed by atoms with E-state index in [2.05, 4.69) is 11.8 Å².